The van der Waals surface area contributed by atoms with Crippen LogP contribution in [-0.4, -0.2) is 36.9 Å². The zero-order valence-corrected chi connectivity index (χ0v) is 16.5. The average molecular weight is 356 g/mol. The van der Waals surface area contributed by atoms with Crippen LogP contribution in [0.1, 0.15) is 74.2 Å². The number of hydrogen-bond acceptors (Lipinski definition) is 3. The van der Waals surface area contributed by atoms with E-state index in [1.807, 2.05) is 26.0 Å². The van der Waals surface area contributed by atoms with Crippen LogP contribution in [0.3, 0.4) is 0 Å². The number of rotatable bonds is 5. The Kier molecular flexibility index (Phi) is 5.09. The minimum Gasteiger partial charge on any atom is -0.496 e. The highest BCUT2D eigenvalue weighted by Gasteiger charge is 2.43. The van der Waals surface area contributed by atoms with E-state index in [1.165, 1.54) is 57.2 Å². The summed E-state index contributed by atoms with van der Waals surface area (Å²) in [6.45, 7) is 6.34. The molecule has 3 nitrogen and oxygen atoms in total. The SMILES string of the molecule is COc1ccc(C(=O)C(C)C)cc1C1CCN(C2CC3CCC2C3)CC1. The molecule has 3 heteroatoms. The summed E-state index contributed by atoms with van der Waals surface area (Å²) in [7, 11) is 1.74. The van der Waals surface area contributed by atoms with Crippen LogP contribution < -0.4 is 4.74 Å². The topological polar surface area (TPSA) is 29.5 Å². The molecular weight excluding hydrogens is 322 g/mol. The van der Waals surface area contributed by atoms with Crippen molar-refractivity contribution in [2.75, 3.05) is 20.2 Å². The number of Topliss-reactive ketones (excluding diaryl/α,β-unsaturated/α-hetero) is 1. The van der Waals surface area contributed by atoms with Gasteiger partial charge in [0.25, 0.3) is 0 Å². The second kappa shape index (κ2) is 7.34. The molecule has 0 N–H and O–H groups in total. The number of likely N-dealkylation sites (tertiary alicyclic amines) is 1. The Morgan fingerprint density at radius 3 is 2.46 bits per heavy atom. The van der Waals surface area contributed by atoms with Gasteiger partial charge in [-0.25, -0.2) is 0 Å². The third kappa shape index (κ3) is 3.31. The third-order valence-corrected chi connectivity index (χ3v) is 7.18. The van der Waals surface area contributed by atoms with Crippen LogP contribution in [0.2, 0.25) is 0 Å². The first-order valence-corrected chi connectivity index (χ1v) is 10.5. The summed E-state index contributed by atoms with van der Waals surface area (Å²) in [4.78, 5) is 15.2. The lowest BCUT2D eigenvalue weighted by Crippen LogP contribution is -2.43. The lowest BCUT2D eigenvalue weighted by atomic mass is 9.85. The van der Waals surface area contributed by atoms with E-state index in [2.05, 4.69) is 11.0 Å². The van der Waals surface area contributed by atoms with Crippen molar-refractivity contribution in [3.63, 3.8) is 0 Å². The fraction of sp³-hybridized carbons (Fsp3) is 0.696. The minimum atomic E-state index is 0.0379. The number of benzene rings is 1. The van der Waals surface area contributed by atoms with Crippen LogP contribution >= 0.6 is 0 Å². The first-order chi connectivity index (χ1) is 12.6. The number of carbonyl (C=O) groups excluding carboxylic acids is 1. The number of ketones is 1. The summed E-state index contributed by atoms with van der Waals surface area (Å²) in [5.74, 6) is 3.72. The van der Waals surface area contributed by atoms with Gasteiger partial charge in [0, 0.05) is 17.5 Å². The van der Waals surface area contributed by atoms with Gasteiger partial charge in [-0.2, -0.15) is 0 Å². The molecule has 4 rings (SSSR count). The molecule has 1 heterocycles. The molecule has 2 aliphatic carbocycles. The van der Waals surface area contributed by atoms with E-state index in [4.69, 9.17) is 4.74 Å². The molecule has 2 bridgehead atoms. The van der Waals surface area contributed by atoms with Crippen molar-refractivity contribution in [2.45, 2.75) is 64.3 Å². The quantitative estimate of drug-likeness (QED) is 0.704. The highest BCUT2D eigenvalue weighted by atomic mass is 16.5. The summed E-state index contributed by atoms with van der Waals surface area (Å²) < 4.78 is 5.64. The van der Waals surface area contributed by atoms with Gasteiger partial charge in [-0.05, 0) is 86.7 Å². The van der Waals surface area contributed by atoms with Crippen molar-refractivity contribution in [3.8, 4) is 5.75 Å². The molecule has 1 aliphatic heterocycles. The van der Waals surface area contributed by atoms with E-state index in [9.17, 15) is 4.79 Å². The number of hydrogen-bond donors (Lipinski definition) is 0. The maximum absolute atomic E-state index is 12.4. The van der Waals surface area contributed by atoms with E-state index in [-0.39, 0.29) is 11.7 Å². The van der Waals surface area contributed by atoms with Gasteiger partial charge in [-0.3, -0.25) is 4.79 Å². The van der Waals surface area contributed by atoms with Gasteiger partial charge < -0.3 is 9.64 Å². The fourth-order valence-corrected chi connectivity index (χ4v) is 5.74. The molecule has 0 amide bonds. The maximum Gasteiger partial charge on any atom is 0.165 e. The Bertz CT molecular complexity index is 660. The molecule has 3 aliphatic rings. The normalized spacial score (nSPS) is 29.5. The Morgan fingerprint density at radius 1 is 1.12 bits per heavy atom. The highest BCUT2D eigenvalue weighted by molar-refractivity contribution is 5.97. The summed E-state index contributed by atoms with van der Waals surface area (Å²) in [5, 5.41) is 0. The molecule has 1 aromatic carbocycles. The van der Waals surface area contributed by atoms with Gasteiger partial charge in [-0.15, -0.1) is 0 Å². The maximum atomic E-state index is 12.4. The smallest absolute Gasteiger partial charge is 0.165 e. The lowest BCUT2D eigenvalue weighted by molar-refractivity contribution is 0.0939. The third-order valence-electron chi connectivity index (χ3n) is 7.18. The highest BCUT2D eigenvalue weighted by Crippen LogP contribution is 2.48. The van der Waals surface area contributed by atoms with E-state index >= 15 is 0 Å². The minimum absolute atomic E-state index is 0.0379. The zero-order chi connectivity index (χ0) is 18.3. The van der Waals surface area contributed by atoms with Crippen LogP contribution in [0.4, 0.5) is 0 Å². The van der Waals surface area contributed by atoms with Gasteiger partial charge in [-0.1, -0.05) is 20.3 Å². The molecule has 0 radical (unpaired) electrons. The molecule has 2 saturated carbocycles. The lowest BCUT2D eigenvalue weighted by Gasteiger charge is -2.40. The molecule has 1 aromatic rings. The van der Waals surface area contributed by atoms with Crippen molar-refractivity contribution in [1.82, 2.24) is 4.90 Å². The standard InChI is InChI=1S/C23H33NO2/c1-15(2)23(25)19-6-7-22(26-3)20(14-19)17-8-10-24(11-9-17)21-13-16-4-5-18(21)12-16/h6-7,14-18,21H,4-5,8-13H2,1-3H3. The Hall–Kier alpha value is -1.35. The number of fused-ring (bicyclic) bond motifs is 2. The first kappa shape index (κ1) is 18.0. The van der Waals surface area contributed by atoms with Crippen LogP contribution in [0, 0.1) is 17.8 Å². The van der Waals surface area contributed by atoms with Crippen LogP contribution in [-0.2, 0) is 0 Å². The second-order valence-corrected chi connectivity index (χ2v) is 9.03. The molecule has 3 atom stereocenters. The number of ether oxygens (including phenoxy) is 1. The first-order valence-electron chi connectivity index (χ1n) is 10.5. The zero-order valence-electron chi connectivity index (χ0n) is 16.5. The largest absolute Gasteiger partial charge is 0.496 e. The summed E-state index contributed by atoms with van der Waals surface area (Å²) in [6, 6.07) is 6.88. The van der Waals surface area contributed by atoms with E-state index < -0.39 is 0 Å². The van der Waals surface area contributed by atoms with Crippen molar-refractivity contribution in [2.24, 2.45) is 17.8 Å². The van der Waals surface area contributed by atoms with Gasteiger partial charge in [0.2, 0.25) is 0 Å². The van der Waals surface area contributed by atoms with Crippen LogP contribution in [0.25, 0.3) is 0 Å². The summed E-state index contributed by atoms with van der Waals surface area (Å²) in [5.41, 5.74) is 2.08. The predicted octanol–water partition coefficient (Wildman–Crippen LogP) is 4.90. The summed E-state index contributed by atoms with van der Waals surface area (Å²) in [6.07, 6.45) is 8.23. The van der Waals surface area contributed by atoms with Crippen molar-refractivity contribution in [3.05, 3.63) is 29.3 Å². The molecule has 142 valence electrons. The fourth-order valence-electron chi connectivity index (χ4n) is 5.74. The Balaban J connectivity index is 1.46. The Labute approximate surface area is 158 Å². The molecule has 1 saturated heterocycles. The number of piperidine rings is 1. The molecular formula is C23H33NO2. The van der Waals surface area contributed by atoms with Crippen LogP contribution in [0.5, 0.6) is 5.75 Å². The predicted molar refractivity (Wildman–Crippen MR) is 105 cm³/mol. The summed E-state index contributed by atoms with van der Waals surface area (Å²) >= 11 is 0. The molecule has 3 fully saturated rings. The number of carbonyl (C=O) groups is 1. The van der Waals surface area contributed by atoms with Gasteiger partial charge >= 0.3 is 0 Å². The van der Waals surface area contributed by atoms with Crippen molar-refractivity contribution in [1.29, 1.82) is 0 Å². The van der Waals surface area contributed by atoms with Crippen LogP contribution in [0.15, 0.2) is 18.2 Å². The molecule has 0 aromatic heterocycles. The second-order valence-electron chi connectivity index (χ2n) is 9.03. The van der Waals surface area contributed by atoms with Crippen molar-refractivity contribution < 1.29 is 9.53 Å². The van der Waals surface area contributed by atoms with Gasteiger partial charge in [0.1, 0.15) is 5.75 Å². The number of methoxy groups -OCH3 is 1. The monoisotopic (exact) mass is 355 g/mol. The van der Waals surface area contributed by atoms with Crippen molar-refractivity contribution >= 4 is 5.78 Å². The average Bonchev–Trinajstić information content (AvgIpc) is 3.30. The molecule has 0 spiro atoms. The van der Waals surface area contributed by atoms with E-state index in [1.54, 1.807) is 7.11 Å². The van der Waals surface area contributed by atoms with Gasteiger partial charge in [0.05, 0.1) is 7.11 Å². The Morgan fingerprint density at radius 2 is 1.88 bits per heavy atom. The van der Waals surface area contributed by atoms with E-state index in [0.717, 1.165) is 29.2 Å². The number of nitrogens with zero attached hydrogens (tertiary/aromatic N) is 1. The van der Waals surface area contributed by atoms with E-state index in [0.29, 0.717) is 5.92 Å². The molecule has 3 unspecified atom stereocenters. The molecule has 26 heavy (non-hydrogen) atoms. The van der Waals surface area contributed by atoms with Gasteiger partial charge in [0.15, 0.2) is 5.78 Å².